The average Bonchev–Trinajstić information content (AvgIpc) is 3.28. The summed E-state index contributed by atoms with van der Waals surface area (Å²) in [5, 5.41) is 1.44. The number of amides is 2. The van der Waals surface area contributed by atoms with E-state index in [1.807, 2.05) is 23.1 Å². The first-order valence-corrected chi connectivity index (χ1v) is 9.82. The van der Waals surface area contributed by atoms with Crippen molar-refractivity contribution in [3.63, 3.8) is 0 Å². The van der Waals surface area contributed by atoms with Gasteiger partial charge in [-0.15, -0.1) is 0 Å². The number of H-pyrrole nitrogens is 1. The maximum atomic E-state index is 13.3. The average molecular weight is 390 g/mol. The lowest BCUT2D eigenvalue weighted by molar-refractivity contribution is -0.146. The molecule has 1 spiro atoms. The molecule has 144 valence electrons. The summed E-state index contributed by atoms with van der Waals surface area (Å²) in [6, 6.07) is 7.35. The van der Waals surface area contributed by atoms with Gasteiger partial charge in [0.05, 0.1) is 6.61 Å². The molecule has 0 radical (unpaired) electrons. The first-order valence-electron chi connectivity index (χ1n) is 9.44. The zero-order valence-electron chi connectivity index (χ0n) is 15.5. The Morgan fingerprint density at radius 1 is 1.30 bits per heavy atom. The van der Waals surface area contributed by atoms with Gasteiger partial charge in [-0.3, -0.25) is 9.59 Å². The largest absolute Gasteiger partial charge is 0.383 e. The van der Waals surface area contributed by atoms with E-state index in [2.05, 4.69) is 4.98 Å². The molecule has 7 heteroatoms. The lowest BCUT2D eigenvalue weighted by Gasteiger charge is -2.44. The van der Waals surface area contributed by atoms with Crippen molar-refractivity contribution in [2.75, 3.05) is 33.4 Å². The highest BCUT2D eigenvalue weighted by Crippen LogP contribution is 2.39. The van der Waals surface area contributed by atoms with Gasteiger partial charge in [-0.05, 0) is 43.9 Å². The molecule has 6 nitrogen and oxygen atoms in total. The quantitative estimate of drug-likeness (QED) is 0.873. The number of piperidine rings is 1. The lowest BCUT2D eigenvalue weighted by atomic mass is 9.85. The molecule has 0 saturated carbocycles. The van der Waals surface area contributed by atoms with Crippen molar-refractivity contribution in [1.82, 2.24) is 14.8 Å². The molecule has 1 unspecified atom stereocenters. The van der Waals surface area contributed by atoms with E-state index in [-0.39, 0.29) is 11.8 Å². The van der Waals surface area contributed by atoms with Crippen molar-refractivity contribution < 1.29 is 14.3 Å². The van der Waals surface area contributed by atoms with E-state index in [1.165, 1.54) is 0 Å². The number of nitrogens with one attached hydrogen (secondary N) is 1. The monoisotopic (exact) mass is 389 g/mol. The number of aromatic amines is 1. The Morgan fingerprint density at radius 2 is 2.07 bits per heavy atom. The number of carbonyl (C=O) groups excluding carboxylic acids is 2. The minimum absolute atomic E-state index is 0.0609. The molecule has 1 aromatic heterocycles. The van der Waals surface area contributed by atoms with E-state index in [0.29, 0.717) is 30.4 Å². The number of hydrogen-bond acceptors (Lipinski definition) is 3. The number of hydrogen-bond donors (Lipinski definition) is 1. The summed E-state index contributed by atoms with van der Waals surface area (Å²) in [5.41, 5.74) is 0.599. The predicted octanol–water partition coefficient (Wildman–Crippen LogP) is 3.06. The Morgan fingerprint density at radius 3 is 2.81 bits per heavy atom. The second-order valence-electron chi connectivity index (χ2n) is 7.36. The van der Waals surface area contributed by atoms with Crippen molar-refractivity contribution in [2.45, 2.75) is 31.2 Å². The number of nitrogens with zero attached hydrogens (tertiary/aromatic N) is 2. The van der Waals surface area contributed by atoms with Crippen LogP contribution in [0, 0.1) is 0 Å². The van der Waals surface area contributed by atoms with Crippen LogP contribution < -0.4 is 0 Å². The third-order valence-electron chi connectivity index (χ3n) is 5.84. The fourth-order valence-electron chi connectivity index (χ4n) is 4.52. The Balaban J connectivity index is 1.64. The summed E-state index contributed by atoms with van der Waals surface area (Å²) in [6.07, 6.45) is 3.19. The summed E-state index contributed by atoms with van der Waals surface area (Å²) in [5.74, 6) is -0.0625. The highest BCUT2D eigenvalue weighted by molar-refractivity contribution is 6.35. The SMILES string of the molecule is COCCN1CCCC2(CCCN2C(=O)c2cc3c(Cl)cccc3[nH]2)C1=O. The highest BCUT2D eigenvalue weighted by atomic mass is 35.5. The van der Waals surface area contributed by atoms with Gasteiger partial charge in [-0.1, -0.05) is 17.7 Å². The van der Waals surface area contributed by atoms with E-state index in [1.54, 1.807) is 18.1 Å². The molecule has 1 aromatic carbocycles. The van der Waals surface area contributed by atoms with Gasteiger partial charge in [0.15, 0.2) is 0 Å². The number of benzene rings is 1. The van der Waals surface area contributed by atoms with Gasteiger partial charge < -0.3 is 19.5 Å². The molecule has 2 saturated heterocycles. The number of carbonyl (C=O) groups is 2. The second-order valence-corrected chi connectivity index (χ2v) is 7.77. The molecule has 2 aromatic rings. The maximum Gasteiger partial charge on any atom is 0.271 e. The van der Waals surface area contributed by atoms with E-state index in [4.69, 9.17) is 16.3 Å². The van der Waals surface area contributed by atoms with Gasteiger partial charge in [0.1, 0.15) is 11.2 Å². The van der Waals surface area contributed by atoms with Crippen LogP contribution >= 0.6 is 11.6 Å². The minimum Gasteiger partial charge on any atom is -0.383 e. The Labute approximate surface area is 163 Å². The number of rotatable bonds is 4. The van der Waals surface area contributed by atoms with E-state index < -0.39 is 5.54 Å². The third kappa shape index (κ3) is 3.01. The van der Waals surface area contributed by atoms with Crippen LogP contribution in [0.25, 0.3) is 10.9 Å². The molecule has 4 rings (SSSR count). The zero-order valence-corrected chi connectivity index (χ0v) is 16.2. The summed E-state index contributed by atoms with van der Waals surface area (Å²) in [6.45, 7) is 2.41. The van der Waals surface area contributed by atoms with Crippen LogP contribution in [-0.4, -0.2) is 65.5 Å². The summed E-state index contributed by atoms with van der Waals surface area (Å²) in [7, 11) is 1.64. The molecule has 2 amide bonds. The van der Waals surface area contributed by atoms with Gasteiger partial charge in [0.25, 0.3) is 5.91 Å². The van der Waals surface area contributed by atoms with Crippen molar-refractivity contribution in [1.29, 1.82) is 0 Å². The molecule has 2 fully saturated rings. The lowest BCUT2D eigenvalue weighted by Crippen LogP contribution is -2.61. The standard InChI is InChI=1S/C20H24ClN3O3/c1-27-12-11-23-9-3-7-20(19(23)26)8-4-10-24(20)18(25)17-13-14-15(21)5-2-6-16(14)22-17/h2,5-6,13,22H,3-4,7-12H2,1H3. The first kappa shape index (κ1) is 18.3. The molecule has 27 heavy (non-hydrogen) atoms. The van der Waals surface area contributed by atoms with Gasteiger partial charge in [-0.2, -0.15) is 0 Å². The topological polar surface area (TPSA) is 65.6 Å². The van der Waals surface area contributed by atoms with Crippen LogP contribution in [0.2, 0.25) is 5.02 Å². The smallest absolute Gasteiger partial charge is 0.271 e. The van der Waals surface area contributed by atoms with Crippen molar-refractivity contribution in [3.8, 4) is 0 Å². The first-order chi connectivity index (χ1) is 13.1. The number of methoxy groups -OCH3 is 1. The van der Waals surface area contributed by atoms with Crippen LogP contribution in [0.3, 0.4) is 0 Å². The van der Waals surface area contributed by atoms with Gasteiger partial charge >= 0.3 is 0 Å². The number of halogens is 1. The summed E-state index contributed by atoms with van der Waals surface area (Å²) in [4.78, 5) is 33.4. The summed E-state index contributed by atoms with van der Waals surface area (Å²) >= 11 is 6.25. The van der Waals surface area contributed by atoms with Crippen LogP contribution in [-0.2, 0) is 9.53 Å². The molecule has 0 aliphatic carbocycles. The molecule has 1 N–H and O–H groups in total. The molecular weight excluding hydrogens is 366 g/mol. The molecule has 2 aliphatic heterocycles. The van der Waals surface area contributed by atoms with Gasteiger partial charge in [0.2, 0.25) is 5.91 Å². The Bertz CT molecular complexity index is 880. The van der Waals surface area contributed by atoms with E-state index in [0.717, 1.165) is 43.1 Å². The molecule has 1 atom stereocenters. The van der Waals surface area contributed by atoms with Crippen molar-refractivity contribution in [3.05, 3.63) is 35.0 Å². The minimum atomic E-state index is -0.718. The van der Waals surface area contributed by atoms with Crippen LogP contribution in [0.1, 0.15) is 36.2 Å². The number of aromatic nitrogens is 1. The van der Waals surface area contributed by atoms with Crippen LogP contribution in [0.15, 0.2) is 24.3 Å². The molecular formula is C20H24ClN3O3. The fraction of sp³-hybridized carbons (Fsp3) is 0.500. The number of fused-ring (bicyclic) bond motifs is 1. The van der Waals surface area contributed by atoms with Crippen LogP contribution in [0.4, 0.5) is 0 Å². The summed E-state index contributed by atoms with van der Waals surface area (Å²) < 4.78 is 5.14. The van der Waals surface area contributed by atoms with Gasteiger partial charge in [0, 0.05) is 42.7 Å². The maximum absolute atomic E-state index is 13.3. The number of ether oxygens (including phenoxy) is 1. The molecule has 2 aliphatic rings. The fourth-order valence-corrected chi connectivity index (χ4v) is 4.74. The Kier molecular flexibility index (Phi) is 4.86. The van der Waals surface area contributed by atoms with Crippen molar-refractivity contribution >= 4 is 34.3 Å². The van der Waals surface area contributed by atoms with E-state index >= 15 is 0 Å². The third-order valence-corrected chi connectivity index (χ3v) is 6.17. The predicted molar refractivity (Wildman–Crippen MR) is 104 cm³/mol. The zero-order chi connectivity index (χ0) is 19.0. The molecule has 0 bridgehead atoms. The van der Waals surface area contributed by atoms with Gasteiger partial charge in [-0.25, -0.2) is 0 Å². The number of likely N-dealkylation sites (tertiary alicyclic amines) is 2. The normalized spacial score (nSPS) is 23.0. The highest BCUT2D eigenvalue weighted by Gasteiger charge is 2.52. The second kappa shape index (κ2) is 7.17. The van der Waals surface area contributed by atoms with Crippen LogP contribution in [0.5, 0.6) is 0 Å². The molecule has 3 heterocycles. The van der Waals surface area contributed by atoms with Crippen molar-refractivity contribution in [2.24, 2.45) is 0 Å². The van der Waals surface area contributed by atoms with E-state index in [9.17, 15) is 9.59 Å². The Hall–Kier alpha value is -2.05.